The van der Waals surface area contributed by atoms with Crippen LogP contribution in [0.1, 0.15) is 15.9 Å². The van der Waals surface area contributed by atoms with E-state index in [0.29, 0.717) is 0 Å². The van der Waals surface area contributed by atoms with E-state index in [4.69, 9.17) is 0 Å². The van der Waals surface area contributed by atoms with Crippen LogP contribution in [0.5, 0.6) is 0 Å². The molecule has 0 amide bonds. The molecule has 0 spiro atoms. The van der Waals surface area contributed by atoms with E-state index < -0.39 is 0 Å². The topological polar surface area (TPSA) is 17.1 Å². The largest absolute Gasteiger partial charge is 0.298 e. The van der Waals surface area contributed by atoms with Crippen LogP contribution in [-0.4, -0.2) is 6.29 Å². The van der Waals surface area contributed by atoms with Gasteiger partial charge >= 0.3 is 0 Å². The molecule has 17 heavy (non-hydrogen) atoms. The lowest BCUT2D eigenvalue weighted by atomic mass is 9.95. The molecule has 0 saturated heterocycles. The monoisotopic (exact) mass is 220 g/mol. The average Bonchev–Trinajstić information content (AvgIpc) is 2.38. The van der Waals surface area contributed by atoms with Crippen molar-refractivity contribution in [1.29, 1.82) is 0 Å². The van der Waals surface area contributed by atoms with E-state index >= 15 is 0 Å². The van der Waals surface area contributed by atoms with Gasteiger partial charge in [0.25, 0.3) is 0 Å². The molecule has 0 heterocycles. The Hall–Kier alpha value is -2.15. The molecule has 1 nitrogen and oxygen atoms in total. The third-order valence-electron chi connectivity index (χ3n) is 3.28. The highest BCUT2D eigenvalue weighted by atomic mass is 16.1. The summed E-state index contributed by atoms with van der Waals surface area (Å²) in [6, 6.07) is 16.3. The van der Waals surface area contributed by atoms with Crippen molar-refractivity contribution in [2.24, 2.45) is 0 Å². The molecule has 0 aliphatic carbocycles. The minimum atomic E-state index is 0.766. The first-order valence-corrected chi connectivity index (χ1v) is 5.67. The first-order chi connectivity index (χ1) is 8.31. The number of carbonyl (C=O) groups is 1. The lowest BCUT2D eigenvalue weighted by Gasteiger charge is -2.08. The van der Waals surface area contributed by atoms with E-state index in [0.717, 1.165) is 28.0 Å². The summed E-state index contributed by atoms with van der Waals surface area (Å²) < 4.78 is 0. The molecule has 3 rings (SSSR count). The normalized spacial score (nSPS) is 10.9. The van der Waals surface area contributed by atoms with E-state index in [9.17, 15) is 4.79 Å². The van der Waals surface area contributed by atoms with Crippen LogP contribution in [0.15, 0.2) is 48.5 Å². The first-order valence-electron chi connectivity index (χ1n) is 5.67. The van der Waals surface area contributed by atoms with Gasteiger partial charge in [0.05, 0.1) is 0 Å². The van der Waals surface area contributed by atoms with Crippen LogP contribution in [0, 0.1) is 6.92 Å². The number of hydrogen-bond acceptors (Lipinski definition) is 1. The second kappa shape index (κ2) is 3.70. The Kier molecular flexibility index (Phi) is 2.19. The van der Waals surface area contributed by atoms with Gasteiger partial charge in [0.2, 0.25) is 0 Å². The molecule has 0 N–H and O–H groups in total. The van der Waals surface area contributed by atoms with Crippen LogP contribution in [0.2, 0.25) is 0 Å². The molecule has 0 fully saturated rings. The van der Waals surface area contributed by atoms with Gasteiger partial charge in [-0.05, 0) is 40.1 Å². The van der Waals surface area contributed by atoms with Gasteiger partial charge in [-0.1, -0.05) is 42.5 Å². The van der Waals surface area contributed by atoms with E-state index in [1.165, 1.54) is 10.9 Å². The fourth-order valence-corrected chi connectivity index (χ4v) is 2.41. The van der Waals surface area contributed by atoms with Gasteiger partial charge in [-0.25, -0.2) is 0 Å². The van der Waals surface area contributed by atoms with Crippen molar-refractivity contribution in [3.05, 3.63) is 59.7 Å². The Morgan fingerprint density at radius 2 is 1.47 bits per heavy atom. The number of rotatable bonds is 1. The first kappa shape index (κ1) is 10.0. The highest BCUT2D eigenvalue weighted by Gasteiger charge is 2.06. The van der Waals surface area contributed by atoms with E-state index in [1.54, 1.807) is 0 Å². The number of fused-ring (bicyclic) bond motifs is 3. The smallest absolute Gasteiger partial charge is 0.150 e. The number of aryl methyl sites for hydroxylation is 1. The van der Waals surface area contributed by atoms with Crippen molar-refractivity contribution in [2.45, 2.75) is 6.92 Å². The summed E-state index contributed by atoms with van der Waals surface area (Å²) >= 11 is 0. The Labute approximate surface area is 99.7 Å². The molecule has 0 saturated carbocycles. The molecule has 1 heteroatoms. The summed E-state index contributed by atoms with van der Waals surface area (Å²) in [6.07, 6.45) is 0.939. The maximum Gasteiger partial charge on any atom is 0.150 e. The molecule has 3 aromatic rings. The number of aldehydes is 1. The van der Waals surface area contributed by atoms with E-state index in [2.05, 4.69) is 31.2 Å². The van der Waals surface area contributed by atoms with Gasteiger partial charge in [-0.15, -0.1) is 0 Å². The van der Waals surface area contributed by atoms with Crippen LogP contribution < -0.4 is 0 Å². The van der Waals surface area contributed by atoms with Crippen LogP contribution in [0.25, 0.3) is 21.5 Å². The summed E-state index contributed by atoms with van der Waals surface area (Å²) in [5.41, 5.74) is 1.97. The van der Waals surface area contributed by atoms with Crippen molar-refractivity contribution < 1.29 is 4.79 Å². The SMILES string of the molecule is Cc1cccc2c1cc(C=O)c1ccccc12. The lowest BCUT2D eigenvalue weighted by Crippen LogP contribution is -1.87. The predicted molar refractivity (Wildman–Crippen MR) is 71.6 cm³/mol. The van der Waals surface area contributed by atoms with Gasteiger partial charge in [0.1, 0.15) is 0 Å². The van der Waals surface area contributed by atoms with Crippen LogP contribution in [0.3, 0.4) is 0 Å². The Morgan fingerprint density at radius 1 is 0.824 bits per heavy atom. The fourth-order valence-electron chi connectivity index (χ4n) is 2.41. The Morgan fingerprint density at radius 3 is 2.24 bits per heavy atom. The molecule has 0 aromatic heterocycles. The van der Waals surface area contributed by atoms with E-state index in [-0.39, 0.29) is 0 Å². The van der Waals surface area contributed by atoms with Gasteiger partial charge in [-0.3, -0.25) is 4.79 Å². The predicted octanol–water partition coefficient (Wildman–Crippen LogP) is 4.11. The fraction of sp³-hybridized carbons (Fsp3) is 0.0625. The molecular formula is C16H12O. The Bertz CT molecular complexity index is 726. The van der Waals surface area contributed by atoms with Crippen LogP contribution in [0.4, 0.5) is 0 Å². The number of hydrogen-bond donors (Lipinski definition) is 0. The maximum absolute atomic E-state index is 11.2. The van der Waals surface area contributed by atoms with Gasteiger partial charge in [0.15, 0.2) is 6.29 Å². The van der Waals surface area contributed by atoms with E-state index in [1.807, 2.05) is 24.3 Å². The molecule has 0 aliphatic heterocycles. The summed E-state index contributed by atoms with van der Waals surface area (Å²) in [5.74, 6) is 0. The summed E-state index contributed by atoms with van der Waals surface area (Å²) in [7, 11) is 0. The highest BCUT2D eigenvalue weighted by molar-refractivity contribution is 6.14. The average molecular weight is 220 g/mol. The summed E-state index contributed by atoms with van der Waals surface area (Å²) in [5, 5.41) is 4.55. The lowest BCUT2D eigenvalue weighted by molar-refractivity contribution is 0.112. The zero-order chi connectivity index (χ0) is 11.8. The zero-order valence-electron chi connectivity index (χ0n) is 9.60. The molecular weight excluding hydrogens is 208 g/mol. The molecule has 3 aromatic carbocycles. The second-order valence-electron chi connectivity index (χ2n) is 4.30. The third-order valence-corrected chi connectivity index (χ3v) is 3.28. The van der Waals surface area contributed by atoms with Gasteiger partial charge in [-0.2, -0.15) is 0 Å². The standard InChI is InChI=1S/C16H12O/c1-11-5-4-8-15-14-7-3-2-6-13(14)12(10-17)9-16(11)15/h2-10H,1H3. The molecule has 0 bridgehead atoms. The molecule has 0 aliphatic rings. The molecule has 0 radical (unpaired) electrons. The summed E-state index contributed by atoms with van der Waals surface area (Å²) in [4.78, 5) is 11.2. The third kappa shape index (κ3) is 1.43. The minimum absolute atomic E-state index is 0.766. The van der Waals surface area contributed by atoms with Crippen LogP contribution >= 0.6 is 0 Å². The minimum Gasteiger partial charge on any atom is -0.298 e. The van der Waals surface area contributed by atoms with Crippen molar-refractivity contribution >= 4 is 27.8 Å². The number of benzene rings is 3. The van der Waals surface area contributed by atoms with Crippen molar-refractivity contribution in [1.82, 2.24) is 0 Å². The molecule has 82 valence electrons. The quantitative estimate of drug-likeness (QED) is 0.445. The zero-order valence-corrected chi connectivity index (χ0v) is 9.60. The van der Waals surface area contributed by atoms with Gasteiger partial charge < -0.3 is 0 Å². The summed E-state index contributed by atoms with van der Waals surface area (Å²) in [6.45, 7) is 2.08. The van der Waals surface area contributed by atoms with Crippen molar-refractivity contribution in [3.8, 4) is 0 Å². The van der Waals surface area contributed by atoms with Gasteiger partial charge in [0, 0.05) is 5.56 Å². The van der Waals surface area contributed by atoms with Crippen LogP contribution in [-0.2, 0) is 0 Å². The number of carbonyl (C=O) groups excluding carboxylic acids is 1. The second-order valence-corrected chi connectivity index (χ2v) is 4.30. The van der Waals surface area contributed by atoms with Crippen molar-refractivity contribution in [3.63, 3.8) is 0 Å². The molecule has 0 unspecified atom stereocenters. The highest BCUT2D eigenvalue weighted by Crippen LogP contribution is 2.29. The molecule has 0 atom stereocenters. The maximum atomic E-state index is 11.2. The van der Waals surface area contributed by atoms with Crippen molar-refractivity contribution in [2.75, 3.05) is 0 Å². The Balaban J connectivity index is 2.64.